The van der Waals surface area contributed by atoms with E-state index in [1.807, 2.05) is 24.3 Å². The summed E-state index contributed by atoms with van der Waals surface area (Å²) in [7, 11) is 1.69. The number of aliphatic imine (C=N–C) groups is 1. The highest BCUT2D eigenvalue weighted by atomic mass is 127. The van der Waals surface area contributed by atoms with Gasteiger partial charge >= 0.3 is 0 Å². The molecule has 1 unspecified atom stereocenters. The van der Waals surface area contributed by atoms with Gasteiger partial charge in [0.25, 0.3) is 0 Å². The topological polar surface area (TPSA) is 59.6 Å². The summed E-state index contributed by atoms with van der Waals surface area (Å²) in [4.78, 5) is 4.57. The predicted molar refractivity (Wildman–Crippen MR) is 94.6 cm³/mol. The molecule has 1 aliphatic carbocycles. The van der Waals surface area contributed by atoms with Crippen molar-refractivity contribution in [3.8, 4) is 0 Å². The summed E-state index contributed by atoms with van der Waals surface area (Å²) in [5.74, 6) is 0.487. The van der Waals surface area contributed by atoms with Gasteiger partial charge in [-0.2, -0.15) is 0 Å². The zero-order valence-electron chi connectivity index (χ0n) is 12.3. The van der Waals surface area contributed by atoms with E-state index in [1.165, 1.54) is 6.42 Å². The molecule has 112 valence electrons. The molecule has 4 nitrogen and oxygen atoms in total. The van der Waals surface area contributed by atoms with Crippen molar-refractivity contribution in [1.82, 2.24) is 0 Å². The first-order valence-electron chi connectivity index (χ1n) is 6.70. The SMILES string of the molecule is COCc1ccccc1NC(N)=NC1CCC1(C)C.I. The molecule has 0 bridgehead atoms. The van der Waals surface area contributed by atoms with Crippen LogP contribution in [0.3, 0.4) is 0 Å². The number of anilines is 1. The minimum Gasteiger partial charge on any atom is -0.380 e. The zero-order valence-corrected chi connectivity index (χ0v) is 14.7. The summed E-state index contributed by atoms with van der Waals surface area (Å²) >= 11 is 0. The van der Waals surface area contributed by atoms with Gasteiger partial charge in [0.2, 0.25) is 0 Å². The number of guanidine groups is 1. The van der Waals surface area contributed by atoms with Crippen LogP contribution in [-0.2, 0) is 11.3 Å². The number of methoxy groups -OCH3 is 1. The van der Waals surface area contributed by atoms with Crippen LogP contribution in [0.2, 0.25) is 0 Å². The van der Waals surface area contributed by atoms with E-state index in [0.717, 1.165) is 17.7 Å². The van der Waals surface area contributed by atoms with Gasteiger partial charge in [0, 0.05) is 18.4 Å². The second kappa shape index (κ2) is 7.26. The van der Waals surface area contributed by atoms with Crippen molar-refractivity contribution in [3.63, 3.8) is 0 Å². The normalized spacial score (nSPS) is 20.8. The number of hydrogen-bond donors (Lipinski definition) is 2. The standard InChI is InChI=1S/C15H23N3O.HI/c1-15(2)9-8-13(15)18-14(16)17-12-7-5-4-6-11(12)10-19-3;/h4-7,13H,8-10H2,1-3H3,(H3,16,17,18);1H. The Balaban J connectivity index is 0.00000200. The van der Waals surface area contributed by atoms with Gasteiger partial charge in [-0.25, -0.2) is 4.99 Å². The molecule has 1 aliphatic rings. The zero-order chi connectivity index (χ0) is 13.9. The molecule has 1 fully saturated rings. The molecule has 0 aromatic heterocycles. The number of nitrogens with one attached hydrogen (secondary N) is 1. The molecule has 1 aromatic rings. The highest BCUT2D eigenvalue weighted by Gasteiger charge is 2.38. The molecule has 0 spiro atoms. The summed E-state index contributed by atoms with van der Waals surface area (Å²) < 4.78 is 5.18. The summed E-state index contributed by atoms with van der Waals surface area (Å²) in [6, 6.07) is 8.30. The number of halogens is 1. The number of benzene rings is 1. The van der Waals surface area contributed by atoms with Crippen LogP contribution in [0.4, 0.5) is 5.69 Å². The van der Waals surface area contributed by atoms with Crippen molar-refractivity contribution in [2.45, 2.75) is 39.3 Å². The molecule has 20 heavy (non-hydrogen) atoms. The Morgan fingerprint density at radius 2 is 2.15 bits per heavy atom. The Labute approximate surface area is 138 Å². The second-order valence-electron chi connectivity index (χ2n) is 5.77. The molecule has 1 saturated carbocycles. The van der Waals surface area contributed by atoms with Crippen LogP contribution in [-0.4, -0.2) is 19.1 Å². The highest BCUT2D eigenvalue weighted by molar-refractivity contribution is 14.0. The lowest BCUT2D eigenvalue weighted by Gasteiger charge is -2.41. The van der Waals surface area contributed by atoms with Gasteiger partial charge in [0.05, 0.1) is 12.6 Å². The Morgan fingerprint density at radius 1 is 1.45 bits per heavy atom. The van der Waals surface area contributed by atoms with Gasteiger partial charge in [-0.1, -0.05) is 32.0 Å². The number of ether oxygens (including phenoxy) is 1. The second-order valence-corrected chi connectivity index (χ2v) is 5.77. The van der Waals surface area contributed by atoms with Crippen LogP contribution in [0.5, 0.6) is 0 Å². The number of nitrogens with zero attached hydrogens (tertiary/aromatic N) is 1. The third-order valence-electron chi connectivity index (χ3n) is 3.84. The first kappa shape index (κ1) is 17.2. The van der Waals surface area contributed by atoms with Crippen LogP contribution >= 0.6 is 24.0 Å². The molecule has 0 heterocycles. The van der Waals surface area contributed by atoms with Crippen molar-refractivity contribution < 1.29 is 4.74 Å². The van der Waals surface area contributed by atoms with E-state index in [9.17, 15) is 0 Å². The maximum absolute atomic E-state index is 6.00. The lowest BCUT2D eigenvalue weighted by molar-refractivity contribution is 0.145. The van der Waals surface area contributed by atoms with Crippen LogP contribution in [0.15, 0.2) is 29.3 Å². The van der Waals surface area contributed by atoms with Crippen LogP contribution < -0.4 is 11.1 Å². The fourth-order valence-corrected chi connectivity index (χ4v) is 2.35. The molecule has 0 amide bonds. The van der Waals surface area contributed by atoms with Crippen molar-refractivity contribution in [1.29, 1.82) is 0 Å². The number of hydrogen-bond acceptors (Lipinski definition) is 2. The van der Waals surface area contributed by atoms with E-state index >= 15 is 0 Å². The molecule has 3 N–H and O–H groups in total. The summed E-state index contributed by atoms with van der Waals surface area (Å²) in [5, 5.41) is 3.18. The fraction of sp³-hybridized carbons (Fsp3) is 0.533. The minimum absolute atomic E-state index is 0. The molecule has 1 aromatic carbocycles. The quantitative estimate of drug-likeness (QED) is 0.472. The van der Waals surface area contributed by atoms with E-state index in [2.05, 4.69) is 24.2 Å². The molecule has 0 aliphatic heterocycles. The van der Waals surface area contributed by atoms with Crippen molar-refractivity contribution >= 4 is 35.6 Å². The van der Waals surface area contributed by atoms with Crippen LogP contribution in [0, 0.1) is 5.41 Å². The maximum Gasteiger partial charge on any atom is 0.193 e. The molecular weight excluding hydrogens is 365 g/mol. The van der Waals surface area contributed by atoms with Gasteiger partial charge in [0.15, 0.2) is 5.96 Å². The molecule has 1 atom stereocenters. The third kappa shape index (κ3) is 4.09. The first-order chi connectivity index (χ1) is 9.03. The molecule has 0 saturated heterocycles. The Kier molecular flexibility index (Phi) is 6.26. The largest absolute Gasteiger partial charge is 0.380 e. The molecule has 2 rings (SSSR count). The number of para-hydroxylation sites is 1. The van der Waals surface area contributed by atoms with Crippen molar-refractivity contribution in [3.05, 3.63) is 29.8 Å². The lowest BCUT2D eigenvalue weighted by Crippen LogP contribution is -2.40. The van der Waals surface area contributed by atoms with E-state index in [4.69, 9.17) is 10.5 Å². The highest BCUT2D eigenvalue weighted by Crippen LogP contribution is 2.42. The summed E-state index contributed by atoms with van der Waals surface area (Å²) in [6.45, 7) is 5.03. The smallest absolute Gasteiger partial charge is 0.193 e. The fourth-order valence-electron chi connectivity index (χ4n) is 2.35. The van der Waals surface area contributed by atoms with E-state index in [-0.39, 0.29) is 29.4 Å². The molecule has 0 radical (unpaired) electrons. The first-order valence-corrected chi connectivity index (χ1v) is 6.70. The Bertz CT molecular complexity index is 474. The average Bonchev–Trinajstić information content (AvgIpc) is 2.37. The number of rotatable bonds is 4. The van der Waals surface area contributed by atoms with E-state index in [1.54, 1.807) is 7.11 Å². The van der Waals surface area contributed by atoms with Gasteiger partial charge < -0.3 is 15.8 Å². The Morgan fingerprint density at radius 3 is 2.70 bits per heavy atom. The predicted octanol–water partition coefficient (Wildman–Crippen LogP) is 3.37. The third-order valence-corrected chi connectivity index (χ3v) is 3.84. The van der Waals surface area contributed by atoms with Crippen molar-refractivity contribution in [2.24, 2.45) is 16.1 Å². The van der Waals surface area contributed by atoms with Crippen LogP contribution in [0.1, 0.15) is 32.3 Å². The van der Waals surface area contributed by atoms with Gasteiger partial charge in [0.1, 0.15) is 0 Å². The number of nitrogens with two attached hydrogens (primary N) is 1. The van der Waals surface area contributed by atoms with E-state index < -0.39 is 0 Å². The van der Waals surface area contributed by atoms with Crippen molar-refractivity contribution in [2.75, 3.05) is 12.4 Å². The molecular formula is C15H24IN3O. The Hall–Kier alpha value is -0.820. The van der Waals surface area contributed by atoms with Gasteiger partial charge in [-0.3, -0.25) is 0 Å². The summed E-state index contributed by atoms with van der Waals surface area (Å²) in [6.07, 6.45) is 2.34. The summed E-state index contributed by atoms with van der Waals surface area (Å²) in [5.41, 5.74) is 8.32. The van der Waals surface area contributed by atoms with E-state index in [0.29, 0.717) is 18.6 Å². The lowest BCUT2D eigenvalue weighted by atomic mass is 9.68. The minimum atomic E-state index is 0. The van der Waals surface area contributed by atoms with Gasteiger partial charge in [-0.05, 0) is 24.3 Å². The molecule has 5 heteroatoms. The van der Waals surface area contributed by atoms with Crippen LogP contribution in [0.25, 0.3) is 0 Å². The maximum atomic E-state index is 6.00. The average molecular weight is 389 g/mol. The van der Waals surface area contributed by atoms with Gasteiger partial charge in [-0.15, -0.1) is 24.0 Å². The monoisotopic (exact) mass is 389 g/mol.